The Morgan fingerprint density at radius 3 is 2.73 bits per heavy atom. The molecule has 0 aliphatic carbocycles. The van der Waals surface area contributed by atoms with Gasteiger partial charge in [-0.2, -0.15) is 0 Å². The molecule has 2 nitrogen and oxygen atoms in total. The maximum absolute atomic E-state index is 9.99. The van der Waals surface area contributed by atoms with E-state index in [0.717, 1.165) is 4.47 Å². The monoisotopic (exact) mass is 367 g/mol. The molecule has 1 aliphatic rings. The second-order valence-corrected chi connectivity index (χ2v) is 7.95. The van der Waals surface area contributed by atoms with E-state index in [9.17, 15) is 5.11 Å². The molecule has 1 fully saturated rings. The maximum Gasteiger partial charge on any atom is 0.130 e. The predicted molar refractivity (Wildman–Crippen MR) is 97.5 cm³/mol. The van der Waals surface area contributed by atoms with Crippen LogP contribution in [0.25, 0.3) is 0 Å². The normalized spacial score (nSPS) is 26.3. The van der Waals surface area contributed by atoms with E-state index >= 15 is 0 Å². The number of aromatic hydroxyl groups is 1. The summed E-state index contributed by atoms with van der Waals surface area (Å²) in [6, 6.07) is 6.08. The van der Waals surface area contributed by atoms with Crippen molar-refractivity contribution in [2.75, 3.05) is 19.6 Å². The van der Waals surface area contributed by atoms with Crippen molar-refractivity contribution in [2.45, 2.75) is 58.3 Å². The largest absolute Gasteiger partial charge is 0.507 e. The molecule has 0 saturated carbocycles. The van der Waals surface area contributed by atoms with Crippen LogP contribution < -0.4 is 0 Å². The van der Waals surface area contributed by atoms with Gasteiger partial charge in [0.15, 0.2) is 0 Å². The van der Waals surface area contributed by atoms with E-state index in [-0.39, 0.29) is 5.41 Å². The summed E-state index contributed by atoms with van der Waals surface area (Å²) in [6.07, 6.45) is 6.53. The number of benzene rings is 1. The van der Waals surface area contributed by atoms with Gasteiger partial charge in [-0.25, -0.2) is 0 Å². The summed E-state index contributed by atoms with van der Waals surface area (Å²) in [6.45, 7) is 10.6. The number of likely N-dealkylation sites (tertiary alicyclic amines) is 1. The van der Waals surface area contributed by atoms with E-state index in [4.69, 9.17) is 0 Å². The minimum absolute atomic E-state index is 0.165. The Labute approximate surface area is 144 Å². The lowest BCUT2D eigenvalue weighted by Crippen LogP contribution is -2.47. The van der Waals surface area contributed by atoms with Crippen LogP contribution in [0.3, 0.4) is 0 Å². The summed E-state index contributed by atoms with van der Waals surface area (Å²) >= 11 is 3.38. The molecule has 124 valence electrons. The first kappa shape index (κ1) is 17.8. The first-order chi connectivity index (χ1) is 10.5. The Morgan fingerprint density at radius 1 is 1.32 bits per heavy atom. The predicted octanol–water partition coefficient (Wildman–Crippen LogP) is 5.33. The van der Waals surface area contributed by atoms with E-state index in [1.54, 1.807) is 0 Å². The molecular formula is C19H30BrNO. The summed E-state index contributed by atoms with van der Waals surface area (Å²) in [5.41, 5.74) is 1.43. The van der Waals surface area contributed by atoms with Crippen molar-refractivity contribution in [3.8, 4) is 5.75 Å². The highest BCUT2D eigenvalue weighted by molar-refractivity contribution is 9.10. The molecule has 1 N–H and O–H groups in total. The Bertz CT molecular complexity index is 490. The van der Waals surface area contributed by atoms with E-state index in [0.29, 0.717) is 11.7 Å². The number of unbranched alkanes of at least 4 members (excludes halogenated alkanes) is 3. The number of halogens is 1. The third-order valence-electron chi connectivity index (χ3n) is 5.50. The summed E-state index contributed by atoms with van der Waals surface area (Å²) in [4.78, 5) is 2.63. The Hall–Kier alpha value is -0.540. The number of rotatable bonds is 6. The zero-order chi connectivity index (χ0) is 16.2. The summed E-state index contributed by atoms with van der Waals surface area (Å²) < 4.78 is 0.779. The molecule has 2 atom stereocenters. The molecular weight excluding hydrogens is 338 g/mol. The number of phenols is 1. The average Bonchev–Trinajstić information content (AvgIpc) is 2.50. The lowest BCUT2D eigenvalue weighted by molar-refractivity contribution is 0.109. The number of nitrogens with zero attached hydrogens (tertiary/aromatic N) is 1. The quantitative estimate of drug-likeness (QED) is 0.686. The van der Waals surface area contributed by atoms with E-state index in [1.807, 2.05) is 12.1 Å². The van der Waals surface area contributed by atoms with Crippen molar-refractivity contribution in [3.05, 3.63) is 28.2 Å². The molecule has 0 radical (unpaired) electrons. The molecule has 1 heterocycles. The number of phenolic OH excluding ortho intramolecular Hbond substituents is 1. The fourth-order valence-electron chi connectivity index (χ4n) is 3.58. The number of piperidine rings is 1. The molecule has 1 aliphatic heterocycles. The first-order valence-corrected chi connectivity index (χ1v) is 9.48. The fourth-order valence-corrected chi connectivity index (χ4v) is 3.83. The van der Waals surface area contributed by atoms with Gasteiger partial charge in [-0.15, -0.1) is 0 Å². The minimum Gasteiger partial charge on any atom is -0.507 e. The molecule has 2 rings (SSSR count). The van der Waals surface area contributed by atoms with Gasteiger partial charge in [-0.1, -0.05) is 46.1 Å². The van der Waals surface area contributed by atoms with Crippen LogP contribution >= 0.6 is 15.9 Å². The smallest absolute Gasteiger partial charge is 0.130 e. The Morgan fingerprint density at radius 2 is 2.09 bits per heavy atom. The van der Waals surface area contributed by atoms with Crippen molar-refractivity contribution >= 4 is 15.9 Å². The molecule has 0 amide bonds. The molecule has 1 saturated heterocycles. The number of hydrogen-bond acceptors (Lipinski definition) is 2. The van der Waals surface area contributed by atoms with Crippen LogP contribution in [-0.2, 0) is 5.41 Å². The molecule has 3 heteroatoms. The lowest BCUT2D eigenvalue weighted by Gasteiger charge is -2.45. The van der Waals surface area contributed by atoms with Crippen molar-refractivity contribution in [2.24, 2.45) is 5.92 Å². The Balaban J connectivity index is 1.98. The second-order valence-electron chi connectivity index (χ2n) is 7.10. The molecule has 1 aromatic carbocycles. The zero-order valence-electron chi connectivity index (χ0n) is 14.2. The second kappa shape index (κ2) is 7.83. The van der Waals surface area contributed by atoms with Crippen molar-refractivity contribution in [1.82, 2.24) is 4.90 Å². The van der Waals surface area contributed by atoms with Crippen LogP contribution in [0.2, 0.25) is 0 Å². The van der Waals surface area contributed by atoms with Gasteiger partial charge in [0.05, 0.1) is 4.47 Å². The van der Waals surface area contributed by atoms with Gasteiger partial charge in [0.25, 0.3) is 0 Å². The fraction of sp³-hybridized carbons (Fsp3) is 0.684. The van der Waals surface area contributed by atoms with Crippen LogP contribution in [0.1, 0.15) is 58.4 Å². The highest BCUT2D eigenvalue weighted by atomic mass is 79.9. The zero-order valence-corrected chi connectivity index (χ0v) is 15.8. The maximum atomic E-state index is 9.99. The lowest BCUT2D eigenvalue weighted by atomic mass is 9.68. The van der Waals surface area contributed by atoms with Gasteiger partial charge in [0.2, 0.25) is 0 Å². The van der Waals surface area contributed by atoms with Crippen LogP contribution in [-0.4, -0.2) is 29.6 Å². The van der Waals surface area contributed by atoms with Gasteiger partial charge in [-0.05, 0) is 70.9 Å². The van der Waals surface area contributed by atoms with E-state index < -0.39 is 0 Å². The minimum atomic E-state index is 0.165. The van der Waals surface area contributed by atoms with Crippen LogP contribution in [0.15, 0.2) is 22.7 Å². The molecule has 0 spiro atoms. The molecule has 1 aromatic rings. The molecule has 0 unspecified atom stereocenters. The molecule has 0 aromatic heterocycles. The molecule has 0 bridgehead atoms. The standard InChI is InChI=1S/C19H30BrNO/c1-4-5-6-7-11-21-12-10-19(3,15(2)14-21)16-8-9-17(20)18(22)13-16/h8-9,13,15,22H,4-7,10-12,14H2,1-3H3/t15-,19-/m0/s1. The summed E-state index contributed by atoms with van der Waals surface area (Å²) in [5, 5.41) is 9.99. The van der Waals surface area contributed by atoms with Crippen LogP contribution in [0, 0.1) is 5.92 Å². The average molecular weight is 368 g/mol. The topological polar surface area (TPSA) is 23.5 Å². The molecule has 22 heavy (non-hydrogen) atoms. The van der Waals surface area contributed by atoms with Crippen molar-refractivity contribution in [1.29, 1.82) is 0 Å². The van der Waals surface area contributed by atoms with Gasteiger partial charge in [0, 0.05) is 6.54 Å². The van der Waals surface area contributed by atoms with Crippen molar-refractivity contribution < 1.29 is 5.11 Å². The van der Waals surface area contributed by atoms with Crippen LogP contribution in [0.4, 0.5) is 0 Å². The number of hydrogen-bond donors (Lipinski definition) is 1. The Kier molecular flexibility index (Phi) is 6.34. The highest BCUT2D eigenvalue weighted by Gasteiger charge is 2.38. The van der Waals surface area contributed by atoms with Gasteiger partial charge in [-0.3, -0.25) is 0 Å². The summed E-state index contributed by atoms with van der Waals surface area (Å²) in [7, 11) is 0. The first-order valence-electron chi connectivity index (χ1n) is 8.68. The summed E-state index contributed by atoms with van der Waals surface area (Å²) in [5.74, 6) is 0.959. The van der Waals surface area contributed by atoms with Gasteiger partial charge >= 0.3 is 0 Å². The van der Waals surface area contributed by atoms with Gasteiger partial charge in [0.1, 0.15) is 5.75 Å². The SMILES string of the molecule is CCCCCCN1CC[C@](C)(c2ccc(Br)c(O)c2)[C@@H](C)C1. The van der Waals surface area contributed by atoms with Crippen LogP contribution in [0.5, 0.6) is 5.75 Å². The third kappa shape index (κ3) is 4.05. The third-order valence-corrected chi connectivity index (χ3v) is 6.17. The van der Waals surface area contributed by atoms with Gasteiger partial charge < -0.3 is 10.0 Å². The van der Waals surface area contributed by atoms with E-state index in [1.165, 1.54) is 57.3 Å². The van der Waals surface area contributed by atoms with E-state index in [2.05, 4.69) is 47.7 Å². The van der Waals surface area contributed by atoms with Crippen molar-refractivity contribution in [3.63, 3.8) is 0 Å². The highest BCUT2D eigenvalue weighted by Crippen LogP contribution is 2.41.